The summed E-state index contributed by atoms with van der Waals surface area (Å²) in [6, 6.07) is 10.7. The summed E-state index contributed by atoms with van der Waals surface area (Å²) in [7, 11) is 1.62. The van der Waals surface area contributed by atoms with Crippen molar-refractivity contribution in [2.24, 2.45) is 4.99 Å². The normalized spacial score (nSPS) is 11.2. The summed E-state index contributed by atoms with van der Waals surface area (Å²) in [5.74, 6) is -0.501. The van der Waals surface area contributed by atoms with Gasteiger partial charge in [0, 0.05) is 32.2 Å². The van der Waals surface area contributed by atoms with E-state index >= 15 is 0 Å². The first kappa shape index (κ1) is 19.4. The van der Waals surface area contributed by atoms with E-state index in [1.54, 1.807) is 32.2 Å². The molecule has 0 atom stereocenters. The van der Waals surface area contributed by atoms with Gasteiger partial charge in [0.1, 0.15) is 11.6 Å². The van der Waals surface area contributed by atoms with Gasteiger partial charge in [0.15, 0.2) is 5.96 Å². The Morgan fingerprint density at radius 2 is 1.81 bits per heavy atom. The molecule has 5 nitrogen and oxygen atoms in total. The van der Waals surface area contributed by atoms with Crippen LogP contribution in [0.4, 0.5) is 8.78 Å². The standard InChI is InChI=1S/C19H22F2N4O/c1-13-6-7-15(11-17(13)21)18(26)23-8-9-24-19(22-2)25-12-14-4-3-5-16(20)10-14/h3-7,10-11H,8-9,12H2,1-2H3,(H,23,26)(H2,22,24,25). The van der Waals surface area contributed by atoms with E-state index in [9.17, 15) is 13.6 Å². The number of nitrogens with zero attached hydrogens (tertiary/aromatic N) is 1. The van der Waals surface area contributed by atoms with Gasteiger partial charge < -0.3 is 16.0 Å². The number of benzene rings is 2. The Morgan fingerprint density at radius 3 is 2.50 bits per heavy atom. The molecule has 2 aromatic rings. The molecule has 0 bridgehead atoms. The van der Waals surface area contributed by atoms with E-state index in [1.807, 2.05) is 6.07 Å². The van der Waals surface area contributed by atoms with Gasteiger partial charge in [0.2, 0.25) is 0 Å². The van der Waals surface area contributed by atoms with Gasteiger partial charge in [-0.3, -0.25) is 9.79 Å². The number of aryl methyl sites for hydroxylation is 1. The fourth-order valence-electron chi connectivity index (χ4n) is 2.25. The number of nitrogens with one attached hydrogen (secondary N) is 3. The maximum absolute atomic E-state index is 13.5. The summed E-state index contributed by atoms with van der Waals surface area (Å²) >= 11 is 0. The molecule has 0 spiro atoms. The van der Waals surface area contributed by atoms with E-state index in [4.69, 9.17) is 0 Å². The fraction of sp³-hybridized carbons (Fsp3) is 0.263. The van der Waals surface area contributed by atoms with E-state index in [0.717, 1.165) is 5.56 Å². The first-order chi connectivity index (χ1) is 12.5. The van der Waals surface area contributed by atoms with Crippen molar-refractivity contribution in [3.63, 3.8) is 0 Å². The van der Waals surface area contributed by atoms with Crippen LogP contribution in [-0.2, 0) is 6.54 Å². The third-order valence-electron chi connectivity index (χ3n) is 3.71. The molecule has 2 rings (SSSR count). The Bertz CT molecular complexity index is 793. The largest absolute Gasteiger partial charge is 0.355 e. The molecule has 26 heavy (non-hydrogen) atoms. The summed E-state index contributed by atoms with van der Waals surface area (Å²) in [6.07, 6.45) is 0. The second-order valence-corrected chi connectivity index (χ2v) is 5.70. The van der Waals surface area contributed by atoms with Gasteiger partial charge >= 0.3 is 0 Å². The highest BCUT2D eigenvalue weighted by molar-refractivity contribution is 5.94. The minimum atomic E-state index is -0.405. The molecular weight excluding hydrogens is 338 g/mol. The zero-order valence-corrected chi connectivity index (χ0v) is 14.8. The average molecular weight is 360 g/mol. The summed E-state index contributed by atoms with van der Waals surface area (Å²) < 4.78 is 26.6. The molecule has 0 unspecified atom stereocenters. The molecular formula is C19H22F2N4O. The third kappa shape index (κ3) is 5.84. The van der Waals surface area contributed by atoms with Crippen LogP contribution in [-0.4, -0.2) is 32.0 Å². The van der Waals surface area contributed by atoms with E-state index < -0.39 is 5.82 Å². The molecule has 1 amide bonds. The molecule has 3 N–H and O–H groups in total. The van der Waals surface area contributed by atoms with Crippen LogP contribution in [0.3, 0.4) is 0 Å². The summed E-state index contributed by atoms with van der Waals surface area (Å²) in [5.41, 5.74) is 1.57. The highest BCUT2D eigenvalue weighted by Gasteiger charge is 2.07. The van der Waals surface area contributed by atoms with E-state index in [2.05, 4.69) is 20.9 Å². The number of rotatable bonds is 6. The molecule has 0 saturated carbocycles. The number of amides is 1. The molecule has 0 aliphatic carbocycles. The van der Waals surface area contributed by atoms with Crippen molar-refractivity contribution < 1.29 is 13.6 Å². The van der Waals surface area contributed by atoms with Gasteiger partial charge in [-0.25, -0.2) is 8.78 Å². The summed E-state index contributed by atoms with van der Waals surface area (Å²) in [4.78, 5) is 16.0. The number of hydrogen-bond donors (Lipinski definition) is 3. The number of carbonyl (C=O) groups is 1. The van der Waals surface area contributed by atoms with Crippen LogP contribution >= 0.6 is 0 Å². The van der Waals surface area contributed by atoms with Gasteiger partial charge in [-0.1, -0.05) is 18.2 Å². The lowest BCUT2D eigenvalue weighted by Crippen LogP contribution is -2.41. The molecule has 0 aliphatic rings. The van der Waals surface area contributed by atoms with E-state index in [0.29, 0.717) is 31.2 Å². The number of aliphatic imine (C=N–C) groups is 1. The molecule has 138 valence electrons. The quantitative estimate of drug-likeness (QED) is 0.421. The highest BCUT2D eigenvalue weighted by Crippen LogP contribution is 2.08. The average Bonchev–Trinajstić information content (AvgIpc) is 2.63. The lowest BCUT2D eigenvalue weighted by atomic mass is 10.1. The minimum absolute atomic E-state index is 0.279. The van der Waals surface area contributed by atoms with Crippen molar-refractivity contribution >= 4 is 11.9 Å². The van der Waals surface area contributed by atoms with Crippen LogP contribution in [0.15, 0.2) is 47.5 Å². The maximum atomic E-state index is 13.5. The predicted octanol–water partition coefficient (Wildman–Crippen LogP) is 2.37. The Morgan fingerprint density at radius 1 is 1.04 bits per heavy atom. The van der Waals surface area contributed by atoms with Gasteiger partial charge in [0.25, 0.3) is 5.91 Å². The lowest BCUT2D eigenvalue weighted by Gasteiger charge is -2.12. The smallest absolute Gasteiger partial charge is 0.251 e. The minimum Gasteiger partial charge on any atom is -0.355 e. The monoisotopic (exact) mass is 360 g/mol. The Hall–Kier alpha value is -2.96. The van der Waals surface area contributed by atoms with Gasteiger partial charge in [-0.05, 0) is 42.3 Å². The zero-order valence-electron chi connectivity index (χ0n) is 14.8. The SMILES string of the molecule is CN=C(NCCNC(=O)c1ccc(C)c(F)c1)NCc1cccc(F)c1. The molecule has 2 aromatic carbocycles. The molecule has 0 fully saturated rings. The van der Waals surface area contributed by atoms with Crippen LogP contribution in [0, 0.1) is 18.6 Å². The first-order valence-corrected chi connectivity index (χ1v) is 8.23. The Kier molecular flexibility index (Phi) is 7.08. The number of halogens is 2. The molecule has 0 saturated heterocycles. The van der Waals surface area contributed by atoms with Crippen molar-refractivity contribution in [3.8, 4) is 0 Å². The van der Waals surface area contributed by atoms with Gasteiger partial charge in [0.05, 0.1) is 0 Å². The van der Waals surface area contributed by atoms with Crippen molar-refractivity contribution in [2.75, 3.05) is 20.1 Å². The fourth-order valence-corrected chi connectivity index (χ4v) is 2.25. The Labute approximate surface area is 151 Å². The molecule has 7 heteroatoms. The third-order valence-corrected chi connectivity index (χ3v) is 3.71. The van der Waals surface area contributed by atoms with E-state index in [-0.39, 0.29) is 17.3 Å². The number of hydrogen-bond acceptors (Lipinski definition) is 2. The molecule has 0 heterocycles. The van der Waals surface area contributed by atoms with Crippen LogP contribution in [0.2, 0.25) is 0 Å². The number of carbonyl (C=O) groups excluding carboxylic acids is 1. The predicted molar refractivity (Wildman–Crippen MR) is 98.1 cm³/mol. The van der Waals surface area contributed by atoms with Crippen LogP contribution in [0.1, 0.15) is 21.5 Å². The van der Waals surface area contributed by atoms with E-state index in [1.165, 1.54) is 18.2 Å². The van der Waals surface area contributed by atoms with Crippen LogP contribution < -0.4 is 16.0 Å². The van der Waals surface area contributed by atoms with Gasteiger partial charge in [-0.15, -0.1) is 0 Å². The zero-order chi connectivity index (χ0) is 18.9. The van der Waals surface area contributed by atoms with Crippen molar-refractivity contribution in [2.45, 2.75) is 13.5 Å². The maximum Gasteiger partial charge on any atom is 0.251 e. The van der Waals surface area contributed by atoms with Crippen molar-refractivity contribution in [1.82, 2.24) is 16.0 Å². The van der Waals surface area contributed by atoms with Crippen molar-refractivity contribution in [1.29, 1.82) is 0 Å². The number of guanidine groups is 1. The van der Waals surface area contributed by atoms with Crippen LogP contribution in [0.25, 0.3) is 0 Å². The topological polar surface area (TPSA) is 65.5 Å². The summed E-state index contributed by atoms with van der Waals surface area (Å²) in [5, 5.41) is 8.80. The summed E-state index contributed by atoms with van der Waals surface area (Å²) in [6.45, 7) is 2.84. The molecule has 0 aromatic heterocycles. The molecule has 0 aliphatic heterocycles. The molecule has 0 radical (unpaired) electrons. The van der Waals surface area contributed by atoms with Crippen molar-refractivity contribution in [3.05, 3.63) is 70.8 Å². The van der Waals surface area contributed by atoms with Crippen LogP contribution in [0.5, 0.6) is 0 Å². The second kappa shape index (κ2) is 9.50. The lowest BCUT2D eigenvalue weighted by molar-refractivity contribution is 0.0954. The highest BCUT2D eigenvalue weighted by atomic mass is 19.1. The first-order valence-electron chi connectivity index (χ1n) is 8.23. The Balaban J connectivity index is 1.73. The second-order valence-electron chi connectivity index (χ2n) is 5.70. The van der Waals surface area contributed by atoms with Gasteiger partial charge in [-0.2, -0.15) is 0 Å².